The normalized spacial score (nSPS) is 12.9. The Morgan fingerprint density at radius 3 is 1.52 bits per heavy atom. The molecule has 0 aliphatic carbocycles. The summed E-state index contributed by atoms with van der Waals surface area (Å²) in [5.41, 5.74) is 0. The van der Waals surface area contributed by atoms with Crippen LogP contribution in [-0.2, 0) is 14.3 Å². The highest BCUT2D eigenvalue weighted by atomic mass is 16.5. The summed E-state index contributed by atoms with van der Waals surface area (Å²) in [6.07, 6.45) is 50.9. The number of hydrogen-bond donors (Lipinski definition) is 1. The average Bonchev–Trinajstić information content (AvgIpc) is 3.04. The number of hydrogen-bond acceptors (Lipinski definition) is 3. The van der Waals surface area contributed by atoms with Crippen LogP contribution in [0.15, 0.2) is 60.8 Å². The Bertz CT molecular complexity index is 820. The molecule has 0 aromatic rings. The van der Waals surface area contributed by atoms with E-state index in [4.69, 9.17) is 9.84 Å². The first-order valence-corrected chi connectivity index (χ1v) is 19.3. The fourth-order valence-electron chi connectivity index (χ4n) is 5.41. The second kappa shape index (κ2) is 37.1. The molecule has 0 radical (unpaired) electrons. The van der Waals surface area contributed by atoms with E-state index in [2.05, 4.69) is 74.6 Å². The quantitative estimate of drug-likeness (QED) is 0.0432. The number of rotatable bonds is 34. The van der Waals surface area contributed by atoms with Crippen molar-refractivity contribution in [3.05, 3.63) is 60.8 Å². The van der Waals surface area contributed by atoms with E-state index in [1.165, 1.54) is 70.6 Å². The number of aliphatic carboxylic acids is 1. The molecule has 0 saturated carbocycles. The van der Waals surface area contributed by atoms with Gasteiger partial charge in [-0.15, -0.1) is 0 Å². The van der Waals surface area contributed by atoms with Gasteiger partial charge in [0.25, 0.3) is 0 Å². The van der Waals surface area contributed by atoms with Crippen LogP contribution in [0.1, 0.15) is 187 Å². The largest absolute Gasteiger partial charge is 0.481 e. The third-order valence-electron chi connectivity index (χ3n) is 8.23. The van der Waals surface area contributed by atoms with Crippen molar-refractivity contribution in [1.29, 1.82) is 0 Å². The standard InChI is InChI=1S/C42H72O4/c1-3-5-7-9-11-13-15-17-18-20-22-24-26-31-35-39-42(45)46-40(37-33-29-27-30-34-38-41(43)44)36-32-28-25-23-21-19-16-14-12-10-8-6-4-2/h6,8,12,14,17-19,21,25,28,40H,3-5,7,9-11,13,15-16,20,22-24,26-27,29-39H2,1-2H3,(H,43,44)/b8-6-,14-12-,18-17-,21-19-,28-25-. The molecule has 1 N–H and O–H groups in total. The van der Waals surface area contributed by atoms with Gasteiger partial charge in [0, 0.05) is 12.8 Å². The van der Waals surface area contributed by atoms with E-state index in [0.717, 1.165) is 89.9 Å². The monoisotopic (exact) mass is 641 g/mol. The highest BCUT2D eigenvalue weighted by Crippen LogP contribution is 2.17. The Morgan fingerprint density at radius 1 is 0.500 bits per heavy atom. The highest BCUT2D eigenvalue weighted by molar-refractivity contribution is 5.69. The van der Waals surface area contributed by atoms with Crippen LogP contribution < -0.4 is 0 Å². The van der Waals surface area contributed by atoms with Crippen LogP contribution >= 0.6 is 0 Å². The molecular weight excluding hydrogens is 568 g/mol. The van der Waals surface area contributed by atoms with Crippen molar-refractivity contribution in [3.63, 3.8) is 0 Å². The van der Waals surface area contributed by atoms with Crippen molar-refractivity contribution >= 4 is 11.9 Å². The predicted octanol–water partition coefficient (Wildman–Crippen LogP) is 13.3. The molecule has 0 rings (SSSR count). The maximum Gasteiger partial charge on any atom is 0.306 e. The van der Waals surface area contributed by atoms with E-state index in [-0.39, 0.29) is 18.5 Å². The number of unbranched alkanes of at least 4 members (excludes halogenated alkanes) is 15. The van der Waals surface area contributed by atoms with Crippen molar-refractivity contribution in [1.82, 2.24) is 0 Å². The number of esters is 1. The fraction of sp³-hybridized carbons (Fsp3) is 0.714. The minimum Gasteiger partial charge on any atom is -0.481 e. The summed E-state index contributed by atoms with van der Waals surface area (Å²) in [5, 5.41) is 8.81. The molecule has 0 bridgehead atoms. The lowest BCUT2D eigenvalue weighted by atomic mass is 10.0. The van der Waals surface area contributed by atoms with Gasteiger partial charge >= 0.3 is 11.9 Å². The highest BCUT2D eigenvalue weighted by Gasteiger charge is 2.13. The van der Waals surface area contributed by atoms with Crippen LogP contribution in [0.25, 0.3) is 0 Å². The summed E-state index contributed by atoms with van der Waals surface area (Å²) in [6.45, 7) is 4.42. The number of carboxylic acids is 1. The number of ether oxygens (including phenoxy) is 1. The molecule has 4 nitrogen and oxygen atoms in total. The van der Waals surface area contributed by atoms with Gasteiger partial charge in [-0.3, -0.25) is 9.59 Å². The van der Waals surface area contributed by atoms with Gasteiger partial charge in [-0.05, 0) is 89.9 Å². The van der Waals surface area contributed by atoms with E-state index in [9.17, 15) is 9.59 Å². The Labute approximate surface area is 284 Å². The predicted molar refractivity (Wildman–Crippen MR) is 199 cm³/mol. The third kappa shape index (κ3) is 36.1. The summed E-state index contributed by atoms with van der Waals surface area (Å²) in [4.78, 5) is 23.3. The molecule has 264 valence electrons. The molecule has 0 heterocycles. The summed E-state index contributed by atoms with van der Waals surface area (Å²) < 4.78 is 5.95. The smallest absolute Gasteiger partial charge is 0.306 e. The molecule has 0 amide bonds. The maximum absolute atomic E-state index is 12.6. The van der Waals surface area contributed by atoms with Crippen LogP contribution in [0, 0.1) is 0 Å². The Balaban J connectivity index is 4.19. The summed E-state index contributed by atoms with van der Waals surface area (Å²) >= 11 is 0. The number of carbonyl (C=O) groups excluding carboxylic acids is 1. The van der Waals surface area contributed by atoms with Crippen LogP contribution in [-0.4, -0.2) is 23.1 Å². The maximum atomic E-state index is 12.6. The van der Waals surface area contributed by atoms with Gasteiger partial charge in [-0.1, -0.05) is 145 Å². The Hall–Kier alpha value is -2.36. The first kappa shape index (κ1) is 43.6. The minimum absolute atomic E-state index is 0.0262. The van der Waals surface area contributed by atoms with E-state index >= 15 is 0 Å². The van der Waals surface area contributed by atoms with Gasteiger partial charge in [0.2, 0.25) is 0 Å². The first-order chi connectivity index (χ1) is 22.6. The zero-order chi connectivity index (χ0) is 33.6. The second-order valence-electron chi connectivity index (χ2n) is 12.7. The Morgan fingerprint density at radius 2 is 0.957 bits per heavy atom. The lowest BCUT2D eigenvalue weighted by Crippen LogP contribution is -2.18. The van der Waals surface area contributed by atoms with Crippen molar-refractivity contribution in [2.24, 2.45) is 0 Å². The zero-order valence-corrected chi connectivity index (χ0v) is 30.1. The molecule has 4 heteroatoms. The zero-order valence-electron chi connectivity index (χ0n) is 30.1. The second-order valence-corrected chi connectivity index (χ2v) is 12.7. The molecule has 46 heavy (non-hydrogen) atoms. The van der Waals surface area contributed by atoms with Crippen LogP contribution in [0.3, 0.4) is 0 Å². The van der Waals surface area contributed by atoms with Crippen LogP contribution in [0.2, 0.25) is 0 Å². The van der Waals surface area contributed by atoms with E-state index < -0.39 is 5.97 Å². The topological polar surface area (TPSA) is 63.6 Å². The van der Waals surface area contributed by atoms with Crippen LogP contribution in [0.4, 0.5) is 0 Å². The molecule has 0 spiro atoms. The first-order valence-electron chi connectivity index (χ1n) is 19.3. The average molecular weight is 641 g/mol. The summed E-state index contributed by atoms with van der Waals surface area (Å²) in [6, 6.07) is 0. The molecule has 0 aromatic carbocycles. The van der Waals surface area contributed by atoms with E-state index in [1.807, 2.05) is 0 Å². The molecule has 1 atom stereocenters. The van der Waals surface area contributed by atoms with Gasteiger partial charge in [0.05, 0.1) is 0 Å². The van der Waals surface area contributed by atoms with Gasteiger partial charge < -0.3 is 9.84 Å². The number of allylic oxidation sites excluding steroid dienone is 10. The van der Waals surface area contributed by atoms with Gasteiger partial charge in [-0.2, -0.15) is 0 Å². The van der Waals surface area contributed by atoms with Gasteiger partial charge in [-0.25, -0.2) is 0 Å². The molecule has 0 aliphatic heterocycles. The summed E-state index contributed by atoms with van der Waals surface area (Å²) in [5.74, 6) is -0.761. The summed E-state index contributed by atoms with van der Waals surface area (Å²) in [7, 11) is 0. The molecule has 0 fully saturated rings. The number of carboxylic acid groups (broad SMARTS) is 1. The Kier molecular flexibility index (Phi) is 35.2. The molecular formula is C42H72O4. The molecule has 0 aliphatic rings. The minimum atomic E-state index is -0.714. The van der Waals surface area contributed by atoms with E-state index in [0.29, 0.717) is 6.42 Å². The van der Waals surface area contributed by atoms with E-state index in [1.54, 1.807) is 0 Å². The van der Waals surface area contributed by atoms with Crippen LogP contribution in [0.5, 0.6) is 0 Å². The molecule has 0 aromatic heterocycles. The number of carbonyl (C=O) groups is 2. The van der Waals surface area contributed by atoms with Gasteiger partial charge in [0.15, 0.2) is 0 Å². The molecule has 0 saturated heterocycles. The van der Waals surface area contributed by atoms with Crippen molar-refractivity contribution in [2.45, 2.75) is 193 Å². The van der Waals surface area contributed by atoms with Crippen molar-refractivity contribution < 1.29 is 19.4 Å². The molecule has 1 unspecified atom stereocenters. The lowest BCUT2D eigenvalue weighted by molar-refractivity contribution is -0.150. The SMILES string of the molecule is CC/C=C\C/C=C\C/C=C\C/C=C\CCC(CCCCCCCC(=O)O)OC(=O)CCCCCCC/C=C\CCCCCCCC. The van der Waals surface area contributed by atoms with Crippen molar-refractivity contribution in [3.8, 4) is 0 Å². The van der Waals surface area contributed by atoms with Crippen molar-refractivity contribution in [2.75, 3.05) is 0 Å². The lowest BCUT2D eigenvalue weighted by Gasteiger charge is -2.17. The third-order valence-corrected chi connectivity index (χ3v) is 8.23. The van der Waals surface area contributed by atoms with Gasteiger partial charge in [0.1, 0.15) is 6.10 Å². The fourth-order valence-corrected chi connectivity index (χ4v) is 5.41.